The van der Waals surface area contributed by atoms with E-state index in [2.05, 4.69) is 6.92 Å². The molecule has 1 atom stereocenters. The van der Waals surface area contributed by atoms with Crippen LogP contribution in [0.2, 0.25) is 10.0 Å². The first-order valence-electron chi connectivity index (χ1n) is 7.05. The Bertz CT molecular complexity index is 584. The van der Waals surface area contributed by atoms with Crippen LogP contribution < -0.4 is 10.5 Å². The van der Waals surface area contributed by atoms with Crippen LogP contribution in [0.5, 0.6) is 5.75 Å². The number of hydrogen-bond acceptors (Lipinski definition) is 2. The molecule has 0 aliphatic rings. The zero-order valence-electron chi connectivity index (χ0n) is 12.0. The summed E-state index contributed by atoms with van der Waals surface area (Å²) in [5.41, 5.74) is 8.21. The van der Waals surface area contributed by atoms with Crippen molar-refractivity contribution in [3.63, 3.8) is 0 Å². The highest BCUT2D eigenvalue weighted by Gasteiger charge is 2.10. The molecule has 0 amide bonds. The van der Waals surface area contributed by atoms with E-state index in [-0.39, 0.29) is 6.04 Å². The maximum atomic E-state index is 6.26. The van der Waals surface area contributed by atoms with Crippen LogP contribution in [0.1, 0.15) is 36.9 Å². The van der Waals surface area contributed by atoms with E-state index in [1.165, 1.54) is 0 Å². The first-order valence-corrected chi connectivity index (χ1v) is 7.80. The van der Waals surface area contributed by atoms with Crippen LogP contribution in [0.25, 0.3) is 0 Å². The number of ether oxygens (including phenoxy) is 1. The Kier molecular flexibility index (Phi) is 5.92. The van der Waals surface area contributed by atoms with E-state index >= 15 is 0 Å². The topological polar surface area (TPSA) is 35.2 Å². The van der Waals surface area contributed by atoms with Gasteiger partial charge in [0.2, 0.25) is 0 Å². The zero-order chi connectivity index (χ0) is 15.2. The minimum absolute atomic E-state index is 0.232. The van der Waals surface area contributed by atoms with Gasteiger partial charge < -0.3 is 10.5 Å². The summed E-state index contributed by atoms with van der Waals surface area (Å²) in [5, 5.41) is 1.05. The Morgan fingerprint density at radius 2 is 1.67 bits per heavy atom. The van der Waals surface area contributed by atoms with Crippen molar-refractivity contribution < 1.29 is 4.74 Å². The van der Waals surface area contributed by atoms with Gasteiger partial charge in [-0.1, -0.05) is 54.7 Å². The molecule has 21 heavy (non-hydrogen) atoms. The molecule has 0 fully saturated rings. The molecule has 2 nitrogen and oxygen atoms in total. The number of rotatable bonds is 6. The molecule has 0 bridgehead atoms. The second kappa shape index (κ2) is 7.69. The van der Waals surface area contributed by atoms with Crippen molar-refractivity contribution in [3.8, 4) is 5.75 Å². The normalized spacial score (nSPS) is 12.2. The second-order valence-electron chi connectivity index (χ2n) is 4.92. The van der Waals surface area contributed by atoms with Crippen molar-refractivity contribution in [1.29, 1.82) is 0 Å². The van der Waals surface area contributed by atoms with Crippen molar-refractivity contribution >= 4 is 23.2 Å². The Hall–Kier alpha value is -1.22. The van der Waals surface area contributed by atoms with Crippen LogP contribution in [-0.2, 0) is 0 Å². The SMILES string of the molecule is CCCCOc1ccc(C(N)c2ccc(Cl)c(Cl)c2)cc1. The first-order chi connectivity index (χ1) is 10.1. The first kappa shape index (κ1) is 16.2. The maximum absolute atomic E-state index is 6.26. The molecule has 4 heteroatoms. The molecular formula is C17H19Cl2NO. The van der Waals surface area contributed by atoms with Crippen LogP contribution in [0.3, 0.4) is 0 Å². The van der Waals surface area contributed by atoms with Gasteiger partial charge in [0.15, 0.2) is 0 Å². The summed E-state index contributed by atoms with van der Waals surface area (Å²) in [6, 6.07) is 13.1. The van der Waals surface area contributed by atoms with E-state index in [9.17, 15) is 0 Å². The molecule has 0 heterocycles. The molecule has 0 aliphatic heterocycles. The van der Waals surface area contributed by atoms with Gasteiger partial charge in [0.1, 0.15) is 5.75 Å². The van der Waals surface area contributed by atoms with Crippen LogP contribution >= 0.6 is 23.2 Å². The molecule has 2 aromatic carbocycles. The number of halogens is 2. The van der Waals surface area contributed by atoms with Crippen molar-refractivity contribution in [3.05, 3.63) is 63.6 Å². The quantitative estimate of drug-likeness (QED) is 0.739. The third kappa shape index (κ3) is 4.37. The second-order valence-corrected chi connectivity index (χ2v) is 5.74. The van der Waals surface area contributed by atoms with E-state index < -0.39 is 0 Å². The smallest absolute Gasteiger partial charge is 0.119 e. The summed E-state index contributed by atoms with van der Waals surface area (Å²) in [4.78, 5) is 0. The monoisotopic (exact) mass is 323 g/mol. The minimum atomic E-state index is -0.232. The molecule has 0 aliphatic carbocycles. The third-order valence-electron chi connectivity index (χ3n) is 3.31. The van der Waals surface area contributed by atoms with E-state index in [0.717, 1.165) is 36.3 Å². The predicted molar refractivity (Wildman–Crippen MR) is 89.3 cm³/mol. The molecule has 2 rings (SSSR count). The molecule has 1 unspecified atom stereocenters. The van der Waals surface area contributed by atoms with Gasteiger partial charge in [-0.15, -0.1) is 0 Å². The third-order valence-corrected chi connectivity index (χ3v) is 4.05. The lowest BCUT2D eigenvalue weighted by atomic mass is 10.00. The largest absolute Gasteiger partial charge is 0.494 e. The van der Waals surface area contributed by atoms with E-state index in [0.29, 0.717) is 10.0 Å². The summed E-state index contributed by atoms with van der Waals surface area (Å²) in [6.45, 7) is 2.89. The lowest BCUT2D eigenvalue weighted by Crippen LogP contribution is -2.11. The van der Waals surface area contributed by atoms with Crippen molar-refractivity contribution in [2.45, 2.75) is 25.8 Å². The summed E-state index contributed by atoms with van der Waals surface area (Å²) >= 11 is 12.0. The lowest BCUT2D eigenvalue weighted by Gasteiger charge is -2.14. The van der Waals surface area contributed by atoms with Gasteiger partial charge in [-0.3, -0.25) is 0 Å². The molecule has 0 saturated heterocycles. The number of hydrogen-bond donors (Lipinski definition) is 1. The maximum Gasteiger partial charge on any atom is 0.119 e. The highest BCUT2D eigenvalue weighted by atomic mass is 35.5. The number of unbranched alkanes of at least 4 members (excludes halogenated alkanes) is 1. The molecule has 0 radical (unpaired) electrons. The summed E-state index contributed by atoms with van der Waals surface area (Å²) in [5.74, 6) is 0.869. The van der Waals surface area contributed by atoms with Gasteiger partial charge in [0.25, 0.3) is 0 Å². The van der Waals surface area contributed by atoms with E-state index in [1.807, 2.05) is 30.3 Å². The Morgan fingerprint density at radius 1 is 1.00 bits per heavy atom. The van der Waals surface area contributed by atoms with E-state index in [1.54, 1.807) is 12.1 Å². The highest BCUT2D eigenvalue weighted by Crippen LogP contribution is 2.28. The number of nitrogens with two attached hydrogens (primary N) is 1. The van der Waals surface area contributed by atoms with Gasteiger partial charge in [-0.05, 0) is 41.8 Å². The summed E-state index contributed by atoms with van der Waals surface area (Å²) in [6.07, 6.45) is 2.19. The Morgan fingerprint density at radius 3 is 2.29 bits per heavy atom. The van der Waals surface area contributed by atoms with Crippen LogP contribution in [0.15, 0.2) is 42.5 Å². The van der Waals surface area contributed by atoms with Gasteiger partial charge >= 0.3 is 0 Å². The van der Waals surface area contributed by atoms with Gasteiger partial charge in [-0.2, -0.15) is 0 Å². The number of benzene rings is 2. The lowest BCUT2D eigenvalue weighted by molar-refractivity contribution is 0.309. The summed E-state index contributed by atoms with van der Waals surface area (Å²) < 4.78 is 5.64. The fourth-order valence-electron chi connectivity index (χ4n) is 2.00. The minimum Gasteiger partial charge on any atom is -0.494 e. The van der Waals surface area contributed by atoms with Crippen LogP contribution in [0, 0.1) is 0 Å². The molecule has 112 valence electrons. The average molecular weight is 324 g/mol. The molecular weight excluding hydrogens is 305 g/mol. The molecule has 0 saturated carbocycles. The fourth-order valence-corrected chi connectivity index (χ4v) is 2.31. The zero-order valence-corrected chi connectivity index (χ0v) is 13.5. The standard InChI is InChI=1S/C17H19Cl2NO/c1-2-3-10-21-14-7-4-12(5-8-14)17(20)13-6-9-15(18)16(19)11-13/h4-9,11,17H,2-3,10,20H2,1H3. The summed E-state index contributed by atoms with van der Waals surface area (Å²) in [7, 11) is 0. The van der Waals surface area contributed by atoms with Crippen molar-refractivity contribution in [1.82, 2.24) is 0 Å². The van der Waals surface area contributed by atoms with Crippen LogP contribution in [-0.4, -0.2) is 6.61 Å². The highest BCUT2D eigenvalue weighted by molar-refractivity contribution is 6.42. The molecule has 2 aromatic rings. The molecule has 0 spiro atoms. The van der Waals surface area contributed by atoms with Crippen molar-refractivity contribution in [2.24, 2.45) is 5.73 Å². The Labute approximate surface area is 135 Å². The van der Waals surface area contributed by atoms with Gasteiger partial charge in [0, 0.05) is 0 Å². The van der Waals surface area contributed by atoms with Crippen molar-refractivity contribution in [2.75, 3.05) is 6.61 Å². The average Bonchev–Trinajstić information content (AvgIpc) is 2.50. The fraction of sp³-hybridized carbons (Fsp3) is 0.294. The van der Waals surface area contributed by atoms with Crippen LogP contribution in [0.4, 0.5) is 0 Å². The van der Waals surface area contributed by atoms with E-state index in [4.69, 9.17) is 33.7 Å². The Balaban J connectivity index is 2.08. The van der Waals surface area contributed by atoms with Gasteiger partial charge in [-0.25, -0.2) is 0 Å². The molecule has 0 aromatic heterocycles. The molecule has 2 N–H and O–H groups in total. The predicted octanol–water partition coefficient (Wildman–Crippen LogP) is 5.22. The van der Waals surface area contributed by atoms with Gasteiger partial charge in [0.05, 0.1) is 22.7 Å².